The summed E-state index contributed by atoms with van der Waals surface area (Å²) in [6.45, 7) is 4.46. The van der Waals surface area contributed by atoms with Crippen molar-refractivity contribution < 1.29 is 4.39 Å². The van der Waals surface area contributed by atoms with Crippen LogP contribution in [-0.4, -0.2) is 37.8 Å². The van der Waals surface area contributed by atoms with Gasteiger partial charge in [0.15, 0.2) is 0 Å². The van der Waals surface area contributed by atoms with E-state index in [0.717, 1.165) is 17.9 Å². The number of benzene rings is 1. The zero-order chi connectivity index (χ0) is 14.9. The molecule has 0 spiro atoms. The van der Waals surface area contributed by atoms with Crippen LogP contribution in [0, 0.1) is 11.2 Å². The molecule has 0 saturated carbocycles. The third-order valence-electron chi connectivity index (χ3n) is 4.01. The summed E-state index contributed by atoms with van der Waals surface area (Å²) in [7, 11) is 0. The Morgan fingerprint density at radius 1 is 1.43 bits per heavy atom. The number of halogens is 1. The average Bonchev–Trinajstić information content (AvgIpc) is 2.97. The molecule has 0 bridgehead atoms. The quantitative estimate of drug-likeness (QED) is 0.945. The minimum atomic E-state index is -0.252. The number of hydrogen-bond donors (Lipinski definition) is 1. The van der Waals surface area contributed by atoms with Crippen molar-refractivity contribution in [3.63, 3.8) is 0 Å². The number of rotatable bonds is 3. The Morgan fingerprint density at radius 3 is 3.00 bits per heavy atom. The van der Waals surface area contributed by atoms with E-state index in [9.17, 15) is 4.39 Å². The summed E-state index contributed by atoms with van der Waals surface area (Å²) in [6, 6.07) is 5.11. The molecule has 1 saturated heterocycles. The maximum absolute atomic E-state index is 14.1. The monoisotopic (exact) mass is 307 g/mol. The van der Waals surface area contributed by atoms with Gasteiger partial charge in [0, 0.05) is 11.8 Å². The molecule has 2 aromatic rings. The maximum atomic E-state index is 14.1. The number of nitrogens with zero attached hydrogens (tertiary/aromatic N) is 4. The summed E-state index contributed by atoms with van der Waals surface area (Å²) in [4.78, 5) is 0. The van der Waals surface area contributed by atoms with Crippen molar-refractivity contribution >= 4 is 17.4 Å². The number of aromatic nitrogens is 4. The topological polar surface area (TPSA) is 55.6 Å². The Bertz CT molecular complexity index is 614. The van der Waals surface area contributed by atoms with Gasteiger partial charge in [0.05, 0.1) is 11.4 Å². The van der Waals surface area contributed by atoms with Gasteiger partial charge >= 0.3 is 0 Å². The highest BCUT2D eigenvalue weighted by molar-refractivity contribution is 7.99. The van der Waals surface area contributed by atoms with E-state index in [1.807, 2.05) is 11.8 Å². The van der Waals surface area contributed by atoms with Crippen molar-refractivity contribution in [1.82, 2.24) is 20.2 Å². The van der Waals surface area contributed by atoms with E-state index in [0.29, 0.717) is 5.69 Å². The van der Waals surface area contributed by atoms with Gasteiger partial charge in [-0.1, -0.05) is 13.8 Å². The third-order valence-corrected chi connectivity index (χ3v) is 5.07. The normalized spacial score (nSPS) is 21.2. The summed E-state index contributed by atoms with van der Waals surface area (Å²) in [6.07, 6.45) is 2.63. The van der Waals surface area contributed by atoms with Gasteiger partial charge in [-0.3, -0.25) is 0 Å². The SMILES string of the molecule is CC1(C)CCSCC1Nc1cc(-n2cnnn2)ccc1F. The van der Waals surface area contributed by atoms with E-state index < -0.39 is 0 Å². The highest BCUT2D eigenvalue weighted by atomic mass is 32.2. The number of nitrogens with one attached hydrogen (secondary N) is 1. The molecule has 1 aromatic heterocycles. The van der Waals surface area contributed by atoms with Crippen molar-refractivity contribution in [3.05, 3.63) is 30.3 Å². The van der Waals surface area contributed by atoms with Crippen LogP contribution in [0.1, 0.15) is 20.3 Å². The summed E-state index contributed by atoms with van der Waals surface area (Å²) >= 11 is 1.91. The van der Waals surface area contributed by atoms with Gasteiger partial charge in [-0.05, 0) is 46.2 Å². The highest BCUT2D eigenvalue weighted by Gasteiger charge is 2.32. The molecule has 1 unspecified atom stereocenters. The minimum Gasteiger partial charge on any atom is -0.379 e. The third kappa shape index (κ3) is 3.02. The maximum Gasteiger partial charge on any atom is 0.146 e. The van der Waals surface area contributed by atoms with Gasteiger partial charge in [0.1, 0.15) is 12.1 Å². The van der Waals surface area contributed by atoms with Gasteiger partial charge in [0.25, 0.3) is 0 Å². The Labute approximate surface area is 127 Å². The van der Waals surface area contributed by atoms with Crippen molar-refractivity contribution in [3.8, 4) is 5.69 Å². The molecule has 1 aromatic carbocycles. The van der Waals surface area contributed by atoms with Crippen molar-refractivity contribution in [2.24, 2.45) is 5.41 Å². The molecule has 1 N–H and O–H groups in total. The number of hydrogen-bond acceptors (Lipinski definition) is 5. The summed E-state index contributed by atoms with van der Waals surface area (Å²) < 4.78 is 15.6. The predicted molar refractivity (Wildman–Crippen MR) is 82.2 cm³/mol. The second-order valence-corrected chi connectivity index (χ2v) is 7.08. The Balaban J connectivity index is 1.86. The first kappa shape index (κ1) is 14.3. The van der Waals surface area contributed by atoms with Crippen molar-refractivity contribution in [1.29, 1.82) is 0 Å². The number of anilines is 1. The molecule has 5 nitrogen and oxygen atoms in total. The van der Waals surface area contributed by atoms with E-state index >= 15 is 0 Å². The second kappa shape index (κ2) is 5.63. The largest absolute Gasteiger partial charge is 0.379 e. The molecular formula is C14H18FN5S. The van der Waals surface area contributed by atoms with E-state index in [4.69, 9.17) is 0 Å². The lowest BCUT2D eigenvalue weighted by Gasteiger charge is -2.39. The van der Waals surface area contributed by atoms with Crippen molar-refractivity contribution in [2.45, 2.75) is 26.3 Å². The van der Waals surface area contributed by atoms with Gasteiger partial charge in [-0.25, -0.2) is 9.07 Å². The smallest absolute Gasteiger partial charge is 0.146 e. The standard InChI is InChI=1S/C14H18FN5S/c1-14(2)5-6-21-8-13(14)17-12-7-10(3-4-11(12)15)20-9-16-18-19-20/h3-4,7,9,13,17H,5-6,8H2,1-2H3. The summed E-state index contributed by atoms with van der Waals surface area (Å²) in [5.41, 5.74) is 1.40. The molecule has 2 heterocycles. The van der Waals surface area contributed by atoms with Crippen LogP contribution in [0.5, 0.6) is 0 Å². The Morgan fingerprint density at radius 2 is 2.29 bits per heavy atom. The lowest BCUT2D eigenvalue weighted by atomic mass is 9.82. The average molecular weight is 307 g/mol. The lowest BCUT2D eigenvalue weighted by molar-refractivity contribution is 0.304. The van der Waals surface area contributed by atoms with Gasteiger partial charge < -0.3 is 5.32 Å². The summed E-state index contributed by atoms with van der Waals surface area (Å²) in [5, 5.41) is 14.4. The fraction of sp³-hybridized carbons (Fsp3) is 0.500. The molecule has 112 valence electrons. The van der Waals surface area contributed by atoms with Crippen LogP contribution < -0.4 is 5.32 Å². The van der Waals surface area contributed by atoms with Gasteiger partial charge in [-0.15, -0.1) is 5.10 Å². The predicted octanol–water partition coefficient (Wildman–Crippen LogP) is 2.75. The van der Waals surface area contributed by atoms with Crippen LogP contribution in [0.25, 0.3) is 5.69 Å². The van der Waals surface area contributed by atoms with Crippen LogP contribution in [0.2, 0.25) is 0 Å². The molecule has 1 aliphatic rings. The molecule has 21 heavy (non-hydrogen) atoms. The van der Waals surface area contributed by atoms with E-state index in [1.165, 1.54) is 22.8 Å². The minimum absolute atomic E-state index is 0.155. The molecule has 0 amide bonds. The second-order valence-electron chi connectivity index (χ2n) is 5.93. The Hall–Kier alpha value is -1.63. The zero-order valence-corrected chi connectivity index (χ0v) is 12.9. The van der Waals surface area contributed by atoms with Crippen LogP contribution in [0.4, 0.5) is 10.1 Å². The first-order valence-electron chi connectivity index (χ1n) is 6.93. The molecule has 0 radical (unpaired) electrons. The lowest BCUT2D eigenvalue weighted by Crippen LogP contribution is -2.41. The van der Waals surface area contributed by atoms with E-state index in [-0.39, 0.29) is 17.3 Å². The van der Waals surface area contributed by atoms with E-state index in [2.05, 4.69) is 34.7 Å². The number of thioether (sulfide) groups is 1. The molecular weight excluding hydrogens is 289 g/mol. The van der Waals surface area contributed by atoms with Gasteiger partial charge in [0.2, 0.25) is 0 Å². The molecule has 0 aliphatic carbocycles. The first-order chi connectivity index (χ1) is 10.1. The fourth-order valence-electron chi connectivity index (χ4n) is 2.41. The molecule has 3 rings (SSSR count). The first-order valence-corrected chi connectivity index (χ1v) is 8.09. The molecule has 1 atom stereocenters. The van der Waals surface area contributed by atoms with Crippen LogP contribution in [0.15, 0.2) is 24.5 Å². The highest BCUT2D eigenvalue weighted by Crippen LogP contribution is 2.36. The zero-order valence-electron chi connectivity index (χ0n) is 12.1. The summed E-state index contributed by atoms with van der Waals surface area (Å²) in [5.74, 6) is 1.90. The number of tetrazole rings is 1. The van der Waals surface area contributed by atoms with Crippen LogP contribution in [-0.2, 0) is 0 Å². The van der Waals surface area contributed by atoms with Gasteiger partial charge in [-0.2, -0.15) is 11.8 Å². The molecule has 1 fully saturated rings. The van der Waals surface area contributed by atoms with Crippen molar-refractivity contribution in [2.75, 3.05) is 16.8 Å². The molecule has 1 aliphatic heterocycles. The van der Waals surface area contributed by atoms with Crippen LogP contribution >= 0.6 is 11.8 Å². The van der Waals surface area contributed by atoms with Crippen LogP contribution in [0.3, 0.4) is 0 Å². The fourth-order valence-corrected chi connectivity index (χ4v) is 4.01. The van der Waals surface area contributed by atoms with E-state index in [1.54, 1.807) is 12.1 Å². The Kier molecular flexibility index (Phi) is 3.84. The molecule has 7 heteroatoms.